The summed E-state index contributed by atoms with van der Waals surface area (Å²) < 4.78 is 5.57. The van der Waals surface area contributed by atoms with Gasteiger partial charge in [-0.15, -0.1) is 0 Å². The van der Waals surface area contributed by atoms with E-state index in [-0.39, 0.29) is 12.3 Å². The average molecular weight is 256 g/mol. The molecular formula is C14H28N2O2. The highest BCUT2D eigenvalue weighted by Gasteiger charge is 2.33. The molecule has 0 saturated carbocycles. The molecule has 3 unspecified atom stereocenters. The van der Waals surface area contributed by atoms with Crippen molar-refractivity contribution in [1.29, 1.82) is 0 Å². The summed E-state index contributed by atoms with van der Waals surface area (Å²) in [7, 11) is 0. The zero-order chi connectivity index (χ0) is 12.8. The summed E-state index contributed by atoms with van der Waals surface area (Å²) >= 11 is 0. The van der Waals surface area contributed by atoms with Gasteiger partial charge >= 0.3 is 0 Å². The van der Waals surface area contributed by atoms with Gasteiger partial charge < -0.3 is 15.6 Å². The van der Waals surface area contributed by atoms with E-state index in [0.717, 1.165) is 51.4 Å². The predicted molar refractivity (Wildman–Crippen MR) is 72.2 cm³/mol. The van der Waals surface area contributed by atoms with Crippen molar-refractivity contribution in [2.24, 2.45) is 11.7 Å². The van der Waals surface area contributed by atoms with Crippen molar-refractivity contribution in [2.45, 2.75) is 57.3 Å². The first-order valence-electron chi connectivity index (χ1n) is 7.55. The Bertz CT molecular complexity index is 232. The van der Waals surface area contributed by atoms with Crippen LogP contribution in [0.4, 0.5) is 0 Å². The Morgan fingerprint density at radius 1 is 1.28 bits per heavy atom. The molecule has 0 aromatic rings. The molecule has 106 valence electrons. The van der Waals surface area contributed by atoms with Crippen LogP contribution in [-0.2, 0) is 4.74 Å². The SMILES string of the molecule is NCCCCCC1CCN(C(O)C2CCCO2)C1. The number of aliphatic hydroxyl groups excluding tert-OH is 1. The number of ether oxygens (including phenoxy) is 1. The lowest BCUT2D eigenvalue weighted by Gasteiger charge is -2.27. The summed E-state index contributed by atoms with van der Waals surface area (Å²) in [5.74, 6) is 0.763. The van der Waals surface area contributed by atoms with Crippen LogP contribution < -0.4 is 5.73 Å². The molecule has 2 fully saturated rings. The Morgan fingerprint density at radius 3 is 2.89 bits per heavy atom. The topological polar surface area (TPSA) is 58.7 Å². The number of rotatable bonds is 7. The lowest BCUT2D eigenvalue weighted by atomic mass is 10.0. The predicted octanol–water partition coefficient (Wildman–Crippen LogP) is 1.32. The van der Waals surface area contributed by atoms with Crippen LogP contribution in [-0.4, -0.2) is 48.6 Å². The lowest BCUT2D eigenvalue weighted by molar-refractivity contribution is -0.0834. The summed E-state index contributed by atoms with van der Waals surface area (Å²) in [5.41, 5.74) is 5.50. The summed E-state index contributed by atoms with van der Waals surface area (Å²) in [6, 6.07) is 0. The molecule has 2 heterocycles. The molecule has 2 aliphatic rings. The molecule has 2 saturated heterocycles. The maximum Gasteiger partial charge on any atom is 0.133 e. The first-order chi connectivity index (χ1) is 8.81. The summed E-state index contributed by atoms with van der Waals surface area (Å²) in [6.07, 6.45) is 7.99. The van der Waals surface area contributed by atoms with Crippen LogP contribution in [0.5, 0.6) is 0 Å². The molecule has 0 aromatic heterocycles. The largest absolute Gasteiger partial charge is 0.376 e. The Hall–Kier alpha value is -0.160. The van der Waals surface area contributed by atoms with E-state index in [0.29, 0.717) is 0 Å². The Labute approximate surface area is 110 Å². The Morgan fingerprint density at radius 2 is 2.17 bits per heavy atom. The van der Waals surface area contributed by atoms with Crippen LogP contribution in [0.2, 0.25) is 0 Å². The minimum atomic E-state index is -0.374. The molecule has 0 amide bonds. The van der Waals surface area contributed by atoms with E-state index in [9.17, 15) is 5.11 Å². The number of hydrogen-bond donors (Lipinski definition) is 2. The van der Waals surface area contributed by atoms with Gasteiger partial charge in [-0.2, -0.15) is 0 Å². The summed E-state index contributed by atoms with van der Waals surface area (Å²) in [6.45, 7) is 3.71. The monoisotopic (exact) mass is 256 g/mol. The van der Waals surface area contributed by atoms with Gasteiger partial charge in [0.15, 0.2) is 0 Å². The van der Waals surface area contributed by atoms with Crippen LogP contribution in [0.3, 0.4) is 0 Å². The molecule has 0 aromatic carbocycles. The number of unbranched alkanes of at least 4 members (excludes halogenated alkanes) is 2. The Kier molecular flexibility index (Phi) is 5.89. The first-order valence-corrected chi connectivity index (χ1v) is 7.55. The number of aliphatic hydroxyl groups is 1. The maximum atomic E-state index is 10.3. The van der Waals surface area contributed by atoms with Gasteiger partial charge in [0.05, 0.1) is 6.10 Å². The highest BCUT2D eigenvalue weighted by Crippen LogP contribution is 2.26. The van der Waals surface area contributed by atoms with Crippen LogP contribution in [0.1, 0.15) is 44.9 Å². The molecule has 0 bridgehead atoms. The van der Waals surface area contributed by atoms with Gasteiger partial charge in [0.2, 0.25) is 0 Å². The molecule has 4 heteroatoms. The third kappa shape index (κ3) is 3.92. The fourth-order valence-corrected chi connectivity index (χ4v) is 3.17. The third-order valence-electron chi connectivity index (χ3n) is 4.31. The molecule has 0 radical (unpaired) electrons. The molecule has 0 aliphatic carbocycles. The Balaban J connectivity index is 1.64. The minimum Gasteiger partial charge on any atom is -0.376 e. The van der Waals surface area contributed by atoms with Crippen LogP contribution in [0, 0.1) is 5.92 Å². The highest BCUT2D eigenvalue weighted by molar-refractivity contribution is 4.82. The van der Waals surface area contributed by atoms with Gasteiger partial charge in [-0.1, -0.05) is 12.8 Å². The molecule has 2 aliphatic heterocycles. The van der Waals surface area contributed by atoms with Crippen LogP contribution in [0.15, 0.2) is 0 Å². The van der Waals surface area contributed by atoms with Crippen molar-refractivity contribution in [2.75, 3.05) is 26.2 Å². The van der Waals surface area contributed by atoms with Crippen molar-refractivity contribution in [1.82, 2.24) is 4.90 Å². The molecular weight excluding hydrogens is 228 g/mol. The van der Waals surface area contributed by atoms with E-state index in [1.165, 1.54) is 25.7 Å². The second-order valence-corrected chi connectivity index (χ2v) is 5.75. The quantitative estimate of drug-likeness (QED) is 0.675. The van der Waals surface area contributed by atoms with Gasteiger partial charge in [0.1, 0.15) is 6.23 Å². The lowest BCUT2D eigenvalue weighted by Crippen LogP contribution is -2.42. The smallest absolute Gasteiger partial charge is 0.133 e. The van der Waals surface area contributed by atoms with E-state index in [1.54, 1.807) is 0 Å². The van der Waals surface area contributed by atoms with Crippen molar-refractivity contribution >= 4 is 0 Å². The van der Waals surface area contributed by atoms with E-state index < -0.39 is 0 Å². The number of nitrogens with two attached hydrogens (primary N) is 1. The third-order valence-corrected chi connectivity index (χ3v) is 4.31. The molecule has 0 spiro atoms. The highest BCUT2D eigenvalue weighted by atomic mass is 16.5. The normalized spacial score (nSPS) is 31.0. The van der Waals surface area contributed by atoms with Gasteiger partial charge in [0, 0.05) is 19.7 Å². The fraction of sp³-hybridized carbons (Fsp3) is 1.00. The molecule has 3 atom stereocenters. The van der Waals surface area contributed by atoms with Gasteiger partial charge in [-0.25, -0.2) is 0 Å². The number of hydrogen-bond acceptors (Lipinski definition) is 4. The van der Waals surface area contributed by atoms with Crippen LogP contribution in [0.25, 0.3) is 0 Å². The average Bonchev–Trinajstić information content (AvgIpc) is 3.05. The molecule has 2 rings (SSSR count). The van der Waals surface area contributed by atoms with Crippen LogP contribution >= 0.6 is 0 Å². The number of nitrogens with zero attached hydrogens (tertiary/aromatic N) is 1. The zero-order valence-electron chi connectivity index (χ0n) is 11.4. The maximum absolute atomic E-state index is 10.3. The standard InChI is InChI=1S/C14H28N2O2/c15-8-3-1-2-5-12-7-9-16(11-12)14(17)13-6-4-10-18-13/h12-14,17H,1-11,15H2. The van der Waals surface area contributed by atoms with E-state index in [4.69, 9.17) is 10.5 Å². The van der Waals surface area contributed by atoms with Crippen molar-refractivity contribution < 1.29 is 9.84 Å². The van der Waals surface area contributed by atoms with Crippen molar-refractivity contribution in [3.8, 4) is 0 Å². The zero-order valence-corrected chi connectivity index (χ0v) is 11.4. The second-order valence-electron chi connectivity index (χ2n) is 5.75. The molecule has 4 nitrogen and oxygen atoms in total. The molecule has 3 N–H and O–H groups in total. The fourth-order valence-electron chi connectivity index (χ4n) is 3.17. The van der Waals surface area contributed by atoms with Crippen molar-refractivity contribution in [3.05, 3.63) is 0 Å². The summed E-state index contributed by atoms with van der Waals surface area (Å²) in [4.78, 5) is 2.21. The molecule has 18 heavy (non-hydrogen) atoms. The van der Waals surface area contributed by atoms with Gasteiger partial charge in [0.25, 0.3) is 0 Å². The van der Waals surface area contributed by atoms with E-state index >= 15 is 0 Å². The minimum absolute atomic E-state index is 0.0565. The van der Waals surface area contributed by atoms with E-state index in [2.05, 4.69) is 4.90 Å². The van der Waals surface area contributed by atoms with Gasteiger partial charge in [-0.05, 0) is 44.6 Å². The number of likely N-dealkylation sites (tertiary alicyclic amines) is 1. The van der Waals surface area contributed by atoms with E-state index in [1.807, 2.05) is 0 Å². The van der Waals surface area contributed by atoms with Crippen molar-refractivity contribution in [3.63, 3.8) is 0 Å². The first kappa shape index (κ1) is 14.3. The summed E-state index contributed by atoms with van der Waals surface area (Å²) in [5, 5.41) is 10.3. The van der Waals surface area contributed by atoms with Gasteiger partial charge in [-0.3, -0.25) is 4.90 Å². The second kappa shape index (κ2) is 7.43.